The fourth-order valence-corrected chi connectivity index (χ4v) is 4.04. The van der Waals surface area contributed by atoms with Crippen LogP contribution in [0.25, 0.3) is 11.3 Å². The van der Waals surface area contributed by atoms with Gasteiger partial charge in [0, 0.05) is 17.4 Å². The molecule has 0 fully saturated rings. The van der Waals surface area contributed by atoms with E-state index in [0.29, 0.717) is 29.8 Å². The molecule has 0 unspecified atom stereocenters. The Morgan fingerprint density at radius 3 is 2.80 bits per heavy atom. The molecule has 0 bridgehead atoms. The average molecular weight is 422 g/mol. The average Bonchev–Trinajstić information content (AvgIpc) is 3.18. The number of rotatable bonds is 6. The summed E-state index contributed by atoms with van der Waals surface area (Å²) in [5, 5.41) is 5.33. The number of carbonyl (C=O) groups excluding carboxylic acids is 2. The summed E-state index contributed by atoms with van der Waals surface area (Å²) in [6.07, 6.45) is 0.460. The number of nitrogens with zero attached hydrogens (tertiary/aromatic N) is 2. The molecule has 2 amide bonds. The van der Waals surface area contributed by atoms with Crippen LogP contribution in [0.1, 0.15) is 25.8 Å². The Labute approximate surface area is 179 Å². The molecule has 0 atom stereocenters. The summed E-state index contributed by atoms with van der Waals surface area (Å²) in [4.78, 5) is 30.9. The topological polar surface area (TPSA) is 71.5 Å². The minimum absolute atomic E-state index is 0.0297. The van der Waals surface area contributed by atoms with Crippen molar-refractivity contribution in [2.75, 3.05) is 16.8 Å². The third-order valence-corrected chi connectivity index (χ3v) is 5.48. The fraction of sp³-hybridized carbons (Fsp3) is 0.261. The quantitative estimate of drug-likeness (QED) is 0.625. The molecule has 3 aromatic rings. The maximum atomic E-state index is 12.6. The number of ether oxygens (including phenoxy) is 1. The first-order valence-corrected chi connectivity index (χ1v) is 10.7. The molecule has 0 saturated heterocycles. The number of fused-ring (bicyclic) bond motifs is 1. The maximum absolute atomic E-state index is 12.6. The summed E-state index contributed by atoms with van der Waals surface area (Å²) >= 11 is 1.39. The first kappa shape index (κ1) is 20.1. The highest BCUT2D eigenvalue weighted by Gasteiger charge is 2.26. The summed E-state index contributed by atoms with van der Waals surface area (Å²) in [5.41, 5.74) is 3.39. The fourth-order valence-electron chi connectivity index (χ4n) is 3.31. The molecule has 0 aliphatic carbocycles. The molecular formula is C23H23N3O3S. The number of aromatic nitrogens is 1. The van der Waals surface area contributed by atoms with Gasteiger partial charge in [-0.25, -0.2) is 4.98 Å². The molecule has 1 aliphatic rings. The van der Waals surface area contributed by atoms with Crippen molar-refractivity contribution in [2.45, 2.75) is 26.8 Å². The molecule has 2 aromatic carbocycles. The van der Waals surface area contributed by atoms with Gasteiger partial charge in [0.05, 0.1) is 17.9 Å². The standard InChI is InChI=1S/C23H23N3O3S/c1-15(2)10-21(27)25-23-24-18(14-30-23)17-8-9-20-19(11-17)26(22(28)13-29-20)12-16-6-4-3-5-7-16/h3-9,11,14-15H,10,12-13H2,1-2H3,(H,24,25,27). The van der Waals surface area contributed by atoms with Crippen LogP contribution < -0.4 is 15.0 Å². The number of carbonyl (C=O) groups is 2. The van der Waals surface area contributed by atoms with E-state index < -0.39 is 0 Å². The SMILES string of the molecule is CC(C)CC(=O)Nc1nc(-c2ccc3c(c2)N(Cc2ccccc2)C(=O)CO3)cs1. The summed E-state index contributed by atoms with van der Waals surface area (Å²) in [5.74, 6) is 0.848. The van der Waals surface area contributed by atoms with Crippen LogP contribution in [0.5, 0.6) is 5.75 Å². The molecule has 30 heavy (non-hydrogen) atoms. The Morgan fingerprint density at radius 2 is 2.03 bits per heavy atom. The van der Waals surface area contributed by atoms with Crippen molar-refractivity contribution in [3.05, 3.63) is 59.5 Å². The van der Waals surface area contributed by atoms with Crippen molar-refractivity contribution >= 4 is 34.0 Å². The zero-order valence-electron chi connectivity index (χ0n) is 16.9. The molecule has 4 rings (SSSR count). The van der Waals surface area contributed by atoms with E-state index in [4.69, 9.17) is 4.74 Å². The zero-order valence-corrected chi connectivity index (χ0v) is 17.7. The number of nitrogens with one attached hydrogen (secondary N) is 1. The van der Waals surface area contributed by atoms with Crippen LogP contribution >= 0.6 is 11.3 Å². The van der Waals surface area contributed by atoms with Gasteiger partial charge in [-0.1, -0.05) is 44.2 Å². The van der Waals surface area contributed by atoms with Gasteiger partial charge in [-0.3, -0.25) is 9.59 Å². The van der Waals surface area contributed by atoms with Gasteiger partial charge in [-0.05, 0) is 29.7 Å². The number of anilines is 2. The number of amides is 2. The first-order chi connectivity index (χ1) is 14.5. The van der Waals surface area contributed by atoms with Crippen LogP contribution in [0.2, 0.25) is 0 Å². The monoisotopic (exact) mass is 421 g/mol. The molecule has 1 aliphatic heterocycles. The van der Waals surface area contributed by atoms with Gasteiger partial charge >= 0.3 is 0 Å². The van der Waals surface area contributed by atoms with Gasteiger partial charge in [0.25, 0.3) is 5.91 Å². The van der Waals surface area contributed by atoms with Crippen LogP contribution in [0.3, 0.4) is 0 Å². The minimum Gasteiger partial charge on any atom is -0.482 e. The van der Waals surface area contributed by atoms with E-state index >= 15 is 0 Å². The molecule has 0 saturated carbocycles. The first-order valence-electron chi connectivity index (χ1n) is 9.86. The zero-order chi connectivity index (χ0) is 21.1. The Kier molecular flexibility index (Phi) is 5.81. The maximum Gasteiger partial charge on any atom is 0.265 e. The number of hydrogen-bond acceptors (Lipinski definition) is 5. The number of hydrogen-bond donors (Lipinski definition) is 1. The Morgan fingerprint density at radius 1 is 1.23 bits per heavy atom. The van der Waals surface area contributed by atoms with E-state index in [1.54, 1.807) is 4.90 Å². The van der Waals surface area contributed by atoms with Crippen molar-refractivity contribution in [3.63, 3.8) is 0 Å². The van der Waals surface area contributed by atoms with Crippen LogP contribution in [0, 0.1) is 5.92 Å². The van der Waals surface area contributed by atoms with Gasteiger partial charge in [0.1, 0.15) is 5.75 Å². The summed E-state index contributed by atoms with van der Waals surface area (Å²) in [6, 6.07) is 15.6. The second-order valence-corrected chi connectivity index (χ2v) is 8.48. The lowest BCUT2D eigenvalue weighted by Crippen LogP contribution is -2.38. The van der Waals surface area contributed by atoms with Crippen molar-refractivity contribution in [1.82, 2.24) is 4.98 Å². The molecule has 154 valence electrons. The number of benzene rings is 2. The van der Waals surface area contributed by atoms with E-state index in [0.717, 1.165) is 22.5 Å². The van der Waals surface area contributed by atoms with E-state index in [2.05, 4.69) is 10.3 Å². The molecule has 0 spiro atoms. The predicted octanol–water partition coefficient (Wildman–Crippen LogP) is 4.72. The van der Waals surface area contributed by atoms with E-state index in [-0.39, 0.29) is 18.4 Å². The lowest BCUT2D eigenvalue weighted by molar-refractivity contribution is -0.121. The smallest absolute Gasteiger partial charge is 0.265 e. The second kappa shape index (κ2) is 8.67. The Hall–Kier alpha value is -3.19. The molecule has 1 N–H and O–H groups in total. The second-order valence-electron chi connectivity index (χ2n) is 7.62. The molecule has 0 radical (unpaired) electrons. The van der Waals surface area contributed by atoms with Gasteiger partial charge in [0.2, 0.25) is 5.91 Å². The summed E-state index contributed by atoms with van der Waals surface area (Å²) in [6.45, 7) is 4.52. The third-order valence-electron chi connectivity index (χ3n) is 4.73. The van der Waals surface area contributed by atoms with Crippen molar-refractivity contribution < 1.29 is 14.3 Å². The lowest BCUT2D eigenvalue weighted by atomic mass is 10.1. The van der Waals surface area contributed by atoms with Gasteiger partial charge in [0.15, 0.2) is 11.7 Å². The highest BCUT2D eigenvalue weighted by Crippen LogP contribution is 2.37. The van der Waals surface area contributed by atoms with E-state index in [1.165, 1.54) is 11.3 Å². The Balaban J connectivity index is 1.58. The van der Waals surface area contributed by atoms with Crippen LogP contribution in [-0.2, 0) is 16.1 Å². The minimum atomic E-state index is -0.0802. The van der Waals surface area contributed by atoms with Crippen molar-refractivity contribution in [1.29, 1.82) is 0 Å². The van der Waals surface area contributed by atoms with E-state index in [1.807, 2.05) is 67.8 Å². The molecule has 1 aromatic heterocycles. The summed E-state index contributed by atoms with van der Waals surface area (Å²) < 4.78 is 5.62. The summed E-state index contributed by atoms with van der Waals surface area (Å²) in [7, 11) is 0. The lowest BCUT2D eigenvalue weighted by Gasteiger charge is -2.29. The third kappa shape index (κ3) is 4.52. The molecule has 6 nitrogen and oxygen atoms in total. The predicted molar refractivity (Wildman–Crippen MR) is 119 cm³/mol. The van der Waals surface area contributed by atoms with Crippen LogP contribution in [0.4, 0.5) is 10.8 Å². The number of thiazole rings is 1. The Bertz CT molecular complexity index is 1060. The van der Waals surface area contributed by atoms with Crippen molar-refractivity contribution in [3.8, 4) is 17.0 Å². The molecule has 7 heteroatoms. The molecule has 2 heterocycles. The van der Waals surface area contributed by atoms with Gasteiger partial charge in [-0.2, -0.15) is 0 Å². The normalized spacial score (nSPS) is 13.2. The van der Waals surface area contributed by atoms with Gasteiger partial charge in [-0.15, -0.1) is 11.3 Å². The highest BCUT2D eigenvalue weighted by atomic mass is 32.1. The van der Waals surface area contributed by atoms with E-state index in [9.17, 15) is 9.59 Å². The van der Waals surface area contributed by atoms with Crippen LogP contribution in [-0.4, -0.2) is 23.4 Å². The van der Waals surface area contributed by atoms with Crippen LogP contribution in [0.15, 0.2) is 53.9 Å². The van der Waals surface area contributed by atoms with Gasteiger partial charge < -0.3 is 15.0 Å². The van der Waals surface area contributed by atoms with Crippen molar-refractivity contribution in [2.24, 2.45) is 5.92 Å². The highest BCUT2D eigenvalue weighted by molar-refractivity contribution is 7.14. The molecular weight excluding hydrogens is 398 g/mol. The largest absolute Gasteiger partial charge is 0.482 e.